The summed E-state index contributed by atoms with van der Waals surface area (Å²) >= 11 is 1.50. The number of hydrogen-bond donors (Lipinski definition) is 1. The van der Waals surface area contributed by atoms with Gasteiger partial charge in [-0.15, -0.1) is 11.3 Å². The van der Waals surface area contributed by atoms with Gasteiger partial charge >= 0.3 is 6.09 Å². The first-order valence-corrected chi connectivity index (χ1v) is 6.96. The van der Waals surface area contributed by atoms with Crippen molar-refractivity contribution in [3.63, 3.8) is 0 Å². The van der Waals surface area contributed by atoms with Crippen molar-refractivity contribution in [1.29, 1.82) is 0 Å². The van der Waals surface area contributed by atoms with E-state index in [2.05, 4.69) is 11.8 Å². The first kappa shape index (κ1) is 15.5. The van der Waals surface area contributed by atoms with Crippen molar-refractivity contribution in [1.82, 2.24) is 4.90 Å². The minimum absolute atomic E-state index is 0.144. The van der Waals surface area contributed by atoms with Crippen LogP contribution in [0.5, 0.6) is 0 Å². The Morgan fingerprint density at radius 1 is 1.58 bits per heavy atom. The van der Waals surface area contributed by atoms with Crippen LogP contribution in [0.2, 0.25) is 0 Å². The van der Waals surface area contributed by atoms with Gasteiger partial charge in [0.2, 0.25) is 0 Å². The normalized spacial score (nSPS) is 9.95. The summed E-state index contributed by atoms with van der Waals surface area (Å²) < 4.78 is 5.14. The lowest BCUT2D eigenvalue weighted by atomic mass is 10.2. The van der Waals surface area contributed by atoms with Crippen LogP contribution in [0.1, 0.15) is 24.3 Å². The molecule has 0 saturated carbocycles. The molecule has 1 heterocycles. The van der Waals surface area contributed by atoms with Gasteiger partial charge in [0.1, 0.15) is 6.61 Å². The van der Waals surface area contributed by atoms with E-state index in [0.717, 1.165) is 10.4 Å². The molecule has 1 N–H and O–H groups in total. The van der Waals surface area contributed by atoms with Crippen molar-refractivity contribution in [2.45, 2.75) is 20.4 Å². The van der Waals surface area contributed by atoms with Gasteiger partial charge in [-0.1, -0.05) is 25.7 Å². The SMILES string of the molecule is CC(C)COC(=O)N(C)Cc1csc(C#CCO)c1. The summed E-state index contributed by atoms with van der Waals surface area (Å²) in [5.41, 5.74) is 1.01. The summed E-state index contributed by atoms with van der Waals surface area (Å²) in [6.45, 7) is 4.78. The zero-order valence-corrected chi connectivity index (χ0v) is 12.3. The zero-order valence-electron chi connectivity index (χ0n) is 11.5. The Labute approximate surface area is 118 Å². The molecule has 1 amide bonds. The Bertz CT molecular complexity index is 471. The fraction of sp³-hybridized carbons (Fsp3) is 0.500. The summed E-state index contributed by atoms with van der Waals surface area (Å²) in [5, 5.41) is 10.6. The molecule has 1 rings (SSSR count). The van der Waals surface area contributed by atoms with Crippen LogP contribution in [0.15, 0.2) is 11.4 Å². The molecule has 0 unspecified atom stereocenters. The number of aliphatic hydroxyl groups is 1. The summed E-state index contributed by atoms with van der Waals surface area (Å²) in [6.07, 6.45) is -0.317. The molecule has 104 valence electrons. The molecular formula is C14H19NO3S. The Morgan fingerprint density at radius 3 is 2.95 bits per heavy atom. The maximum atomic E-state index is 11.7. The second-order valence-corrected chi connectivity index (χ2v) is 5.52. The second kappa shape index (κ2) is 7.82. The Hall–Kier alpha value is -1.51. The van der Waals surface area contributed by atoms with Crippen molar-refractivity contribution < 1.29 is 14.6 Å². The Balaban J connectivity index is 2.49. The minimum atomic E-state index is -0.317. The van der Waals surface area contributed by atoms with Crippen molar-refractivity contribution in [3.05, 3.63) is 21.9 Å². The summed E-state index contributed by atoms with van der Waals surface area (Å²) in [4.78, 5) is 14.1. The highest BCUT2D eigenvalue weighted by atomic mass is 32.1. The zero-order chi connectivity index (χ0) is 14.3. The molecule has 4 nitrogen and oxygen atoms in total. The number of amides is 1. The Kier molecular flexibility index (Phi) is 6.40. The molecule has 5 heteroatoms. The van der Waals surface area contributed by atoms with Crippen LogP contribution < -0.4 is 0 Å². The third kappa shape index (κ3) is 5.77. The molecule has 1 aromatic rings. The van der Waals surface area contributed by atoms with Gasteiger partial charge in [0.15, 0.2) is 0 Å². The monoisotopic (exact) mass is 281 g/mol. The van der Waals surface area contributed by atoms with Gasteiger partial charge in [0.25, 0.3) is 0 Å². The molecule has 0 radical (unpaired) electrons. The smallest absolute Gasteiger partial charge is 0.409 e. The number of thiophene rings is 1. The molecule has 0 spiro atoms. The lowest BCUT2D eigenvalue weighted by Crippen LogP contribution is -2.27. The lowest BCUT2D eigenvalue weighted by Gasteiger charge is -2.17. The van der Waals surface area contributed by atoms with Crippen LogP contribution in [0.3, 0.4) is 0 Å². The van der Waals surface area contributed by atoms with Crippen LogP contribution in [0.4, 0.5) is 4.79 Å². The number of rotatable bonds is 4. The number of carbonyl (C=O) groups excluding carboxylic acids is 1. The van der Waals surface area contributed by atoms with Gasteiger partial charge in [-0.3, -0.25) is 0 Å². The number of ether oxygens (including phenoxy) is 1. The quantitative estimate of drug-likeness (QED) is 0.862. The molecule has 0 aliphatic rings. The van der Waals surface area contributed by atoms with Crippen molar-refractivity contribution >= 4 is 17.4 Å². The first-order valence-electron chi connectivity index (χ1n) is 6.08. The molecule has 1 aromatic heterocycles. The third-order valence-corrected chi connectivity index (χ3v) is 3.11. The predicted octanol–water partition coefficient (Wildman–Crippen LogP) is 2.32. The fourth-order valence-electron chi connectivity index (χ4n) is 1.34. The third-order valence-electron chi connectivity index (χ3n) is 2.22. The first-order chi connectivity index (χ1) is 9.02. The van der Waals surface area contributed by atoms with Gasteiger partial charge in [-0.25, -0.2) is 4.79 Å². The molecule has 0 aliphatic heterocycles. The fourth-order valence-corrected chi connectivity index (χ4v) is 2.11. The van der Waals surface area contributed by atoms with E-state index >= 15 is 0 Å². The molecule has 0 saturated heterocycles. The molecule has 0 fully saturated rings. The predicted molar refractivity (Wildman–Crippen MR) is 75.9 cm³/mol. The van der Waals surface area contributed by atoms with Crippen molar-refractivity contribution in [2.75, 3.05) is 20.3 Å². The largest absolute Gasteiger partial charge is 0.449 e. The van der Waals surface area contributed by atoms with E-state index in [1.54, 1.807) is 7.05 Å². The van der Waals surface area contributed by atoms with Crippen molar-refractivity contribution in [3.8, 4) is 11.8 Å². The summed E-state index contributed by atoms with van der Waals surface area (Å²) in [7, 11) is 1.71. The molecular weight excluding hydrogens is 262 g/mol. The maximum absolute atomic E-state index is 11.7. The standard InChI is InChI=1S/C14H19NO3S/c1-11(2)9-18-14(17)15(3)8-12-7-13(19-10-12)5-4-6-16/h7,10-11,16H,6,8-9H2,1-3H3. The number of nitrogens with zero attached hydrogens (tertiary/aromatic N) is 1. The lowest BCUT2D eigenvalue weighted by molar-refractivity contribution is 0.0980. The van der Waals surface area contributed by atoms with Gasteiger partial charge < -0.3 is 14.7 Å². The van der Waals surface area contributed by atoms with Crippen LogP contribution in [-0.2, 0) is 11.3 Å². The van der Waals surface area contributed by atoms with Gasteiger partial charge in [0.05, 0.1) is 11.5 Å². The van der Waals surface area contributed by atoms with E-state index < -0.39 is 0 Å². The van der Waals surface area contributed by atoms with Gasteiger partial charge in [-0.05, 0) is 22.9 Å². The highest BCUT2D eigenvalue weighted by Gasteiger charge is 2.11. The molecule has 0 bridgehead atoms. The van der Waals surface area contributed by atoms with E-state index in [9.17, 15) is 4.79 Å². The highest BCUT2D eigenvalue weighted by Crippen LogP contribution is 2.15. The molecule has 0 aliphatic carbocycles. The van der Waals surface area contributed by atoms with Gasteiger partial charge in [-0.2, -0.15) is 0 Å². The number of aliphatic hydroxyl groups excluding tert-OH is 1. The molecule has 0 aromatic carbocycles. The average molecular weight is 281 g/mol. The van der Waals surface area contributed by atoms with Crippen LogP contribution >= 0.6 is 11.3 Å². The maximum Gasteiger partial charge on any atom is 0.409 e. The Morgan fingerprint density at radius 2 is 2.32 bits per heavy atom. The topological polar surface area (TPSA) is 49.8 Å². The van der Waals surface area contributed by atoms with Crippen LogP contribution in [0, 0.1) is 17.8 Å². The van der Waals surface area contributed by atoms with Gasteiger partial charge in [0, 0.05) is 13.6 Å². The number of hydrogen-bond acceptors (Lipinski definition) is 4. The van der Waals surface area contributed by atoms with E-state index in [-0.39, 0.29) is 12.7 Å². The summed E-state index contributed by atoms with van der Waals surface area (Å²) in [6, 6.07) is 1.92. The minimum Gasteiger partial charge on any atom is -0.449 e. The van der Waals surface area contributed by atoms with E-state index in [0.29, 0.717) is 19.1 Å². The van der Waals surface area contributed by atoms with E-state index in [1.807, 2.05) is 25.3 Å². The van der Waals surface area contributed by atoms with Crippen molar-refractivity contribution in [2.24, 2.45) is 5.92 Å². The van der Waals surface area contributed by atoms with E-state index in [4.69, 9.17) is 9.84 Å². The molecule has 19 heavy (non-hydrogen) atoms. The number of carbonyl (C=O) groups is 1. The highest BCUT2D eigenvalue weighted by molar-refractivity contribution is 7.10. The second-order valence-electron chi connectivity index (χ2n) is 4.61. The van der Waals surface area contributed by atoms with Crippen LogP contribution in [0.25, 0.3) is 0 Å². The summed E-state index contributed by atoms with van der Waals surface area (Å²) in [5.74, 6) is 5.77. The van der Waals surface area contributed by atoms with E-state index in [1.165, 1.54) is 16.2 Å². The average Bonchev–Trinajstić information content (AvgIpc) is 2.80. The van der Waals surface area contributed by atoms with Crippen LogP contribution in [-0.4, -0.2) is 36.4 Å². The molecule has 0 atom stereocenters.